The van der Waals surface area contributed by atoms with Gasteiger partial charge < -0.3 is 10.6 Å². The normalized spacial score (nSPS) is 24.8. The smallest absolute Gasteiger partial charge is 0.150 e. The Morgan fingerprint density at radius 2 is 2.24 bits per heavy atom. The summed E-state index contributed by atoms with van der Waals surface area (Å²) < 4.78 is 22.7. The standard InChI is InChI=1S/C11H24N2O2S2/c1-3-17(14,15)8-4-5-10(12)11-9-16-7-6-13(11)2/h10-11H,3-9,12H2,1-2H3. The molecule has 1 saturated heterocycles. The van der Waals surface area contributed by atoms with Crippen molar-refractivity contribution < 1.29 is 8.42 Å². The molecule has 0 aromatic rings. The molecule has 1 aliphatic heterocycles. The molecular weight excluding hydrogens is 256 g/mol. The van der Waals surface area contributed by atoms with Crippen molar-refractivity contribution in [3.63, 3.8) is 0 Å². The van der Waals surface area contributed by atoms with Crippen molar-refractivity contribution in [2.45, 2.75) is 31.8 Å². The SMILES string of the molecule is CCS(=O)(=O)CCCC(N)C1CSCCN1C. The number of sulfone groups is 1. The lowest BCUT2D eigenvalue weighted by Gasteiger charge is -2.36. The average Bonchev–Trinajstić information content (AvgIpc) is 2.29. The van der Waals surface area contributed by atoms with Crippen LogP contribution in [-0.4, -0.2) is 62.0 Å². The highest BCUT2D eigenvalue weighted by molar-refractivity contribution is 7.99. The third kappa shape index (κ3) is 5.16. The molecule has 0 aromatic carbocycles. The summed E-state index contributed by atoms with van der Waals surface area (Å²) in [5.41, 5.74) is 6.16. The van der Waals surface area contributed by atoms with Crippen molar-refractivity contribution in [2.24, 2.45) is 5.73 Å². The Morgan fingerprint density at radius 3 is 2.82 bits per heavy atom. The van der Waals surface area contributed by atoms with Gasteiger partial charge in [0.05, 0.1) is 5.75 Å². The van der Waals surface area contributed by atoms with E-state index in [1.807, 2.05) is 11.8 Å². The van der Waals surface area contributed by atoms with Gasteiger partial charge in [-0.1, -0.05) is 6.92 Å². The Bertz CT molecular complexity index is 319. The predicted molar refractivity (Wildman–Crippen MR) is 75.3 cm³/mol. The van der Waals surface area contributed by atoms with Gasteiger partial charge in [-0.15, -0.1) is 0 Å². The first-order valence-corrected chi connectivity index (χ1v) is 9.18. The number of nitrogens with zero attached hydrogens (tertiary/aromatic N) is 1. The van der Waals surface area contributed by atoms with E-state index in [2.05, 4.69) is 11.9 Å². The van der Waals surface area contributed by atoms with Crippen molar-refractivity contribution in [3.05, 3.63) is 0 Å². The lowest BCUT2D eigenvalue weighted by molar-refractivity contribution is 0.230. The summed E-state index contributed by atoms with van der Waals surface area (Å²) in [6, 6.07) is 0.498. The number of nitrogens with two attached hydrogens (primary N) is 1. The fraction of sp³-hybridized carbons (Fsp3) is 1.00. The van der Waals surface area contributed by atoms with Gasteiger partial charge in [-0.2, -0.15) is 11.8 Å². The van der Waals surface area contributed by atoms with Crippen molar-refractivity contribution in [1.82, 2.24) is 4.90 Å². The molecule has 1 rings (SSSR count). The zero-order valence-corrected chi connectivity index (χ0v) is 12.4. The molecule has 0 aliphatic carbocycles. The molecule has 4 nitrogen and oxygen atoms in total. The van der Waals surface area contributed by atoms with E-state index in [1.54, 1.807) is 6.92 Å². The van der Waals surface area contributed by atoms with Gasteiger partial charge in [0.25, 0.3) is 0 Å². The molecule has 0 aromatic heterocycles. The maximum atomic E-state index is 11.4. The topological polar surface area (TPSA) is 63.4 Å². The fourth-order valence-corrected chi connectivity index (χ4v) is 4.25. The van der Waals surface area contributed by atoms with Crippen LogP contribution in [0.15, 0.2) is 0 Å². The number of hydrogen-bond acceptors (Lipinski definition) is 5. The molecule has 0 bridgehead atoms. The first-order valence-electron chi connectivity index (χ1n) is 6.20. The molecule has 2 unspecified atom stereocenters. The Morgan fingerprint density at radius 1 is 1.53 bits per heavy atom. The summed E-state index contributed by atoms with van der Waals surface area (Å²) in [5.74, 6) is 2.75. The zero-order chi connectivity index (χ0) is 12.9. The van der Waals surface area contributed by atoms with Crippen LogP contribution >= 0.6 is 11.8 Å². The van der Waals surface area contributed by atoms with Crippen LogP contribution in [0.5, 0.6) is 0 Å². The van der Waals surface area contributed by atoms with Crippen molar-refractivity contribution >= 4 is 21.6 Å². The summed E-state index contributed by atoms with van der Waals surface area (Å²) in [6.45, 7) is 2.77. The summed E-state index contributed by atoms with van der Waals surface area (Å²) in [7, 11) is -0.730. The van der Waals surface area contributed by atoms with Gasteiger partial charge in [0.2, 0.25) is 0 Å². The molecule has 6 heteroatoms. The molecule has 1 heterocycles. The van der Waals surface area contributed by atoms with Crippen LogP contribution in [0.1, 0.15) is 19.8 Å². The molecular formula is C11H24N2O2S2. The lowest BCUT2D eigenvalue weighted by Crippen LogP contribution is -2.50. The highest BCUT2D eigenvalue weighted by atomic mass is 32.2. The maximum Gasteiger partial charge on any atom is 0.150 e. The third-order valence-electron chi connectivity index (χ3n) is 3.37. The quantitative estimate of drug-likeness (QED) is 0.771. The minimum absolute atomic E-state index is 0.0971. The number of likely N-dealkylation sites (N-methyl/N-ethyl adjacent to an activating group) is 1. The average molecular weight is 280 g/mol. The van der Waals surface area contributed by atoms with E-state index in [0.717, 1.165) is 18.7 Å². The van der Waals surface area contributed by atoms with Gasteiger partial charge in [-0.05, 0) is 19.9 Å². The number of thioether (sulfide) groups is 1. The molecule has 0 radical (unpaired) electrons. The lowest BCUT2D eigenvalue weighted by atomic mass is 10.0. The van der Waals surface area contributed by atoms with Crippen LogP contribution in [0.25, 0.3) is 0 Å². The van der Waals surface area contributed by atoms with Gasteiger partial charge in [-0.3, -0.25) is 0 Å². The Labute approximate surface area is 109 Å². The highest BCUT2D eigenvalue weighted by Crippen LogP contribution is 2.18. The van der Waals surface area contributed by atoms with Gasteiger partial charge in [0, 0.05) is 35.9 Å². The van der Waals surface area contributed by atoms with Gasteiger partial charge in [-0.25, -0.2) is 8.42 Å². The molecule has 17 heavy (non-hydrogen) atoms. The summed E-state index contributed by atoms with van der Waals surface area (Å²) in [6.07, 6.45) is 1.49. The van der Waals surface area contributed by atoms with Crippen molar-refractivity contribution in [3.8, 4) is 0 Å². The largest absolute Gasteiger partial charge is 0.326 e. The molecule has 1 fully saturated rings. The van der Waals surface area contributed by atoms with Crippen molar-refractivity contribution in [2.75, 3.05) is 36.6 Å². The molecule has 0 saturated carbocycles. The Kier molecular flexibility index (Phi) is 6.26. The maximum absolute atomic E-state index is 11.4. The van der Waals surface area contributed by atoms with E-state index in [0.29, 0.717) is 12.5 Å². The van der Waals surface area contributed by atoms with Gasteiger partial charge >= 0.3 is 0 Å². The summed E-state index contributed by atoms with van der Waals surface area (Å²) in [4.78, 5) is 2.30. The highest BCUT2D eigenvalue weighted by Gasteiger charge is 2.25. The minimum Gasteiger partial charge on any atom is -0.326 e. The molecule has 0 amide bonds. The number of rotatable bonds is 6. The third-order valence-corrected chi connectivity index (χ3v) is 6.21. The minimum atomic E-state index is -2.83. The molecule has 2 atom stereocenters. The second-order valence-electron chi connectivity index (χ2n) is 4.67. The molecule has 0 spiro atoms. The second kappa shape index (κ2) is 6.97. The molecule has 102 valence electrons. The summed E-state index contributed by atoms with van der Waals surface area (Å²) in [5, 5.41) is 0. The molecule has 1 aliphatic rings. The van der Waals surface area contributed by atoms with Crippen LogP contribution in [0.2, 0.25) is 0 Å². The van der Waals surface area contributed by atoms with Crippen LogP contribution < -0.4 is 5.73 Å². The Hall–Kier alpha value is 0.220. The van der Waals surface area contributed by atoms with Crippen molar-refractivity contribution in [1.29, 1.82) is 0 Å². The fourth-order valence-electron chi connectivity index (χ4n) is 2.03. The summed E-state index contributed by atoms with van der Waals surface area (Å²) >= 11 is 1.94. The van der Waals surface area contributed by atoms with E-state index >= 15 is 0 Å². The number of hydrogen-bond donors (Lipinski definition) is 1. The van der Waals surface area contributed by atoms with E-state index < -0.39 is 9.84 Å². The second-order valence-corrected chi connectivity index (χ2v) is 8.29. The zero-order valence-electron chi connectivity index (χ0n) is 10.8. The first kappa shape index (κ1) is 15.3. The first-order chi connectivity index (χ1) is 7.96. The van der Waals surface area contributed by atoms with Gasteiger partial charge in [0.1, 0.15) is 9.84 Å². The van der Waals surface area contributed by atoms with Crippen LogP contribution in [0.3, 0.4) is 0 Å². The monoisotopic (exact) mass is 280 g/mol. The van der Waals surface area contributed by atoms with E-state index in [1.165, 1.54) is 5.75 Å². The van der Waals surface area contributed by atoms with E-state index in [9.17, 15) is 8.42 Å². The van der Waals surface area contributed by atoms with Gasteiger partial charge in [0.15, 0.2) is 0 Å². The van der Waals surface area contributed by atoms with Crippen LogP contribution in [0, 0.1) is 0 Å². The van der Waals surface area contributed by atoms with Crippen LogP contribution in [-0.2, 0) is 9.84 Å². The Balaban J connectivity index is 2.31. The van der Waals surface area contributed by atoms with Crippen LogP contribution in [0.4, 0.5) is 0 Å². The van der Waals surface area contributed by atoms with E-state index in [-0.39, 0.29) is 17.5 Å². The van der Waals surface area contributed by atoms with E-state index in [4.69, 9.17) is 5.73 Å². The molecule has 2 N–H and O–H groups in total. The predicted octanol–water partition coefficient (Wildman–Crippen LogP) is 0.576.